The molecule has 2 atom stereocenters. The second kappa shape index (κ2) is 8.37. The van der Waals surface area contributed by atoms with Gasteiger partial charge in [0.05, 0.1) is 0 Å². The fraction of sp³-hybridized carbons (Fsp3) is 0.409. The van der Waals surface area contributed by atoms with E-state index in [2.05, 4.69) is 54.4 Å². The van der Waals surface area contributed by atoms with Crippen LogP contribution in [0.1, 0.15) is 43.9 Å². The van der Waals surface area contributed by atoms with E-state index >= 15 is 0 Å². The highest BCUT2D eigenvalue weighted by molar-refractivity contribution is 5.86. The molecular formula is C22H30N4. The molecule has 1 aliphatic heterocycles. The predicted octanol–water partition coefficient (Wildman–Crippen LogP) is 4.54. The van der Waals surface area contributed by atoms with E-state index in [1.807, 2.05) is 18.2 Å². The third-order valence-electron chi connectivity index (χ3n) is 5.23. The van der Waals surface area contributed by atoms with Crippen LogP contribution in [0.15, 0.2) is 48.5 Å². The number of nitrogens with zero attached hydrogens (tertiary/aromatic N) is 1. The van der Waals surface area contributed by atoms with Crippen LogP contribution in [-0.2, 0) is 0 Å². The maximum Gasteiger partial charge on any atom is 0.0404 e. The Morgan fingerprint density at radius 1 is 1.19 bits per heavy atom. The number of benzene rings is 2. The molecule has 4 nitrogen and oxygen atoms in total. The molecule has 4 N–H and O–H groups in total. The molecule has 0 bridgehead atoms. The van der Waals surface area contributed by atoms with Gasteiger partial charge in [0, 0.05) is 41.8 Å². The van der Waals surface area contributed by atoms with Crippen molar-refractivity contribution in [2.24, 2.45) is 5.92 Å². The van der Waals surface area contributed by atoms with Crippen LogP contribution in [0.25, 0.3) is 0 Å². The Labute approximate surface area is 156 Å². The molecular weight excluding hydrogens is 320 g/mol. The minimum absolute atomic E-state index is 0.413. The Morgan fingerprint density at radius 3 is 2.65 bits per heavy atom. The third kappa shape index (κ3) is 4.25. The van der Waals surface area contributed by atoms with Crippen LogP contribution in [-0.4, -0.2) is 30.2 Å². The van der Waals surface area contributed by atoms with Gasteiger partial charge in [-0.15, -0.1) is 0 Å². The highest BCUT2D eigenvalue weighted by Gasteiger charge is 2.28. The molecule has 1 heterocycles. The lowest BCUT2D eigenvalue weighted by atomic mass is 9.91. The van der Waals surface area contributed by atoms with Gasteiger partial charge >= 0.3 is 0 Å². The second-order valence-electron chi connectivity index (χ2n) is 7.57. The van der Waals surface area contributed by atoms with E-state index in [4.69, 9.17) is 11.1 Å². The zero-order valence-electron chi connectivity index (χ0n) is 15.8. The lowest BCUT2D eigenvalue weighted by molar-refractivity contribution is 0.121. The second-order valence-corrected chi connectivity index (χ2v) is 7.57. The molecule has 0 saturated carbocycles. The number of piperidine rings is 1. The zero-order valence-corrected chi connectivity index (χ0v) is 15.8. The van der Waals surface area contributed by atoms with E-state index in [1.165, 1.54) is 24.6 Å². The van der Waals surface area contributed by atoms with Gasteiger partial charge in [0.15, 0.2) is 0 Å². The van der Waals surface area contributed by atoms with Crippen molar-refractivity contribution >= 4 is 17.6 Å². The average molecular weight is 351 g/mol. The number of hydrogen-bond donors (Lipinski definition) is 3. The molecule has 26 heavy (non-hydrogen) atoms. The van der Waals surface area contributed by atoms with E-state index in [1.54, 1.807) is 0 Å². The minimum atomic E-state index is 0.413. The van der Waals surface area contributed by atoms with Gasteiger partial charge in [0.1, 0.15) is 0 Å². The normalized spacial score (nSPS) is 19.3. The summed E-state index contributed by atoms with van der Waals surface area (Å²) in [4.78, 5) is 2.62. The van der Waals surface area contributed by atoms with Crippen molar-refractivity contribution in [3.63, 3.8) is 0 Å². The van der Waals surface area contributed by atoms with E-state index in [-0.39, 0.29) is 0 Å². The Morgan fingerprint density at radius 2 is 1.96 bits per heavy atom. The summed E-state index contributed by atoms with van der Waals surface area (Å²) in [5.41, 5.74) is 9.78. The Bertz CT molecular complexity index is 726. The predicted molar refractivity (Wildman–Crippen MR) is 111 cm³/mol. The quantitative estimate of drug-likeness (QED) is 0.529. The summed E-state index contributed by atoms with van der Waals surface area (Å²) in [6, 6.07) is 17.6. The van der Waals surface area contributed by atoms with Crippen LogP contribution in [0.4, 0.5) is 11.4 Å². The monoisotopic (exact) mass is 350 g/mol. The van der Waals surface area contributed by atoms with Crippen LogP contribution < -0.4 is 11.1 Å². The summed E-state index contributed by atoms with van der Waals surface area (Å²) in [6.07, 6.45) is 3.68. The van der Waals surface area contributed by atoms with Gasteiger partial charge in [0.25, 0.3) is 0 Å². The van der Waals surface area contributed by atoms with Gasteiger partial charge in [-0.05, 0) is 49.1 Å². The standard InChI is InChI=1S/C22H30N4/c1-16(2)22(17-7-4-3-5-8-17)26-12-6-9-20(15-26)25-19-10-11-21(24)18(13-19)14-23/h3-5,7-8,10-11,13-14,16,20,22-23,25H,6,9,12,15,24H2,1-2H3. The first-order valence-corrected chi connectivity index (χ1v) is 9.54. The summed E-state index contributed by atoms with van der Waals surface area (Å²) < 4.78 is 0. The minimum Gasteiger partial charge on any atom is -0.398 e. The molecule has 1 aliphatic rings. The smallest absolute Gasteiger partial charge is 0.0404 e. The van der Waals surface area contributed by atoms with Gasteiger partial charge in [0.2, 0.25) is 0 Å². The number of nitrogens with one attached hydrogen (secondary N) is 2. The van der Waals surface area contributed by atoms with Crippen LogP contribution in [0, 0.1) is 11.3 Å². The van der Waals surface area contributed by atoms with Crippen LogP contribution >= 0.6 is 0 Å². The molecule has 138 valence electrons. The lowest BCUT2D eigenvalue weighted by Crippen LogP contribution is -2.45. The summed E-state index contributed by atoms with van der Waals surface area (Å²) >= 11 is 0. The van der Waals surface area contributed by atoms with E-state index < -0.39 is 0 Å². The summed E-state index contributed by atoms with van der Waals surface area (Å²) in [5, 5.41) is 11.1. The lowest BCUT2D eigenvalue weighted by Gasteiger charge is -2.41. The molecule has 4 heteroatoms. The number of nitrogen functional groups attached to an aromatic ring is 1. The van der Waals surface area contributed by atoms with Crippen LogP contribution in [0.5, 0.6) is 0 Å². The fourth-order valence-electron chi connectivity index (χ4n) is 4.07. The molecule has 0 aromatic heterocycles. The molecule has 0 aliphatic carbocycles. The average Bonchev–Trinajstić information content (AvgIpc) is 2.64. The highest BCUT2D eigenvalue weighted by atomic mass is 15.2. The maximum atomic E-state index is 7.49. The molecule has 3 rings (SSSR count). The summed E-state index contributed by atoms with van der Waals surface area (Å²) in [5.74, 6) is 0.567. The molecule has 2 unspecified atom stereocenters. The van der Waals surface area contributed by atoms with Crippen molar-refractivity contribution in [1.29, 1.82) is 5.41 Å². The van der Waals surface area contributed by atoms with Gasteiger partial charge in [-0.1, -0.05) is 44.2 Å². The van der Waals surface area contributed by atoms with Crippen molar-refractivity contribution in [2.45, 2.75) is 38.8 Å². The van der Waals surface area contributed by atoms with E-state index in [0.717, 1.165) is 24.3 Å². The molecule has 0 amide bonds. The number of anilines is 2. The van der Waals surface area contributed by atoms with Crippen molar-refractivity contribution in [3.8, 4) is 0 Å². The van der Waals surface area contributed by atoms with Crippen LogP contribution in [0.3, 0.4) is 0 Å². The fourth-order valence-corrected chi connectivity index (χ4v) is 4.07. The zero-order chi connectivity index (χ0) is 18.5. The molecule has 2 aromatic carbocycles. The summed E-state index contributed by atoms with van der Waals surface area (Å²) in [6.45, 7) is 6.79. The van der Waals surface area contributed by atoms with Gasteiger partial charge in [-0.2, -0.15) is 0 Å². The topological polar surface area (TPSA) is 65.1 Å². The largest absolute Gasteiger partial charge is 0.398 e. The number of likely N-dealkylation sites (tertiary alicyclic amines) is 1. The number of rotatable bonds is 6. The molecule has 1 fully saturated rings. The van der Waals surface area contributed by atoms with Crippen molar-refractivity contribution in [1.82, 2.24) is 4.90 Å². The first kappa shape index (κ1) is 18.5. The highest BCUT2D eigenvalue weighted by Crippen LogP contribution is 2.31. The first-order chi connectivity index (χ1) is 12.6. The van der Waals surface area contributed by atoms with E-state index in [0.29, 0.717) is 23.7 Å². The van der Waals surface area contributed by atoms with E-state index in [9.17, 15) is 0 Å². The Balaban J connectivity index is 1.73. The van der Waals surface area contributed by atoms with Crippen molar-refractivity contribution in [3.05, 3.63) is 59.7 Å². The third-order valence-corrected chi connectivity index (χ3v) is 5.23. The molecule has 0 radical (unpaired) electrons. The molecule has 1 saturated heterocycles. The van der Waals surface area contributed by atoms with Crippen molar-refractivity contribution in [2.75, 3.05) is 24.1 Å². The molecule has 2 aromatic rings. The van der Waals surface area contributed by atoms with Gasteiger partial charge in [-0.25, -0.2) is 0 Å². The SMILES string of the molecule is CC(C)C(c1ccccc1)N1CCCC(Nc2ccc(N)c(C=N)c2)C1. The summed E-state index contributed by atoms with van der Waals surface area (Å²) in [7, 11) is 0. The first-order valence-electron chi connectivity index (χ1n) is 9.54. The van der Waals surface area contributed by atoms with Crippen molar-refractivity contribution < 1.29 is 0 Å². The van der Waals surface area contributed by atoms with Crippen LogP contribution in [0.2, 0.25) is 0 Å². The van der Waals surface area contributed by atoms with Gasteiger partial charge in [-0.3, -0.25) is 4.90 Å². The number of hydrogen-bond acceptors (Lipinski definition) is 4. The molecule has 0 spiro atoms. The number of nitrogens with two attached hydrogens (primary N) is 1. The maximum absolute atomic E-state index is 7.49. The Kier molecular flexibility index (Phi) is 5.94. The Hall–Kier alpha value is -2.33. The van der Waals surface area contributed by atoms with Gasteiger partial charge < -0.3 is 16.5 Å².